The zero-order valence-electron chi connectivity index (χ0n) is 14.8. The van der Waals surface area contributed by atoms with Crippen molar-refractivity contribution in [3.05, 3.63) is 53.1 Å². The van der Waals surface area contributed by atoms with Crippen molar-refractivity contribution in [2.24, 2.45) is 5.92 Å². The first-order chi connectivity index (χ1) is 11.9. The molecule has 2 unspecified atom stereocenters. The van der Waals surface area contributed by atoms with Gasteiger partial charge in [-0.2, -0.15) is 0 Å². The second kappa shape index (κ2) is 6.92. The van der Waals surface area contributed by atoms with E-state index in [2.05, 4.69) is 10.6 Å². The summed E-state index contributed by atoms with van der Waals surface area (Å²) < 4.78 is 0. The second-order valence-electron chi connectivity index (χ2n) is 6.58. The van der Waals surface area contributed by atoms with Gasteiger partial charge in [0.1, 0.15) is 0 Å². The van der Waals surface area contributed by atoms with Gasteiger partial charge in [-0.15, -0.1) is 11.8 Å². The highest BCUT2D eigenvalue weighted by Crippen LogP contribution is 2.38. The minimum Gasteiger partial charge on any atom is -0.325 e. The molecule has 0 fully saturated rings. The fraction of sp³-hybridized carbons (Fsp3) is 0.300. The molecule has 2 aromatic carbocycles. The number of thioether (sulfide) groups is 1. The minimum atomic E-state index is -0.446. The molecule has 1 heterocycles. The normalized spacial score (nSPS) is 17.4. The van der Waals surface area contributed by atoms with Crippen molar-refractivity contribution in [2.75, 3.05) is 10.6 Å². The summed E-state index contributed by atoms with van der Waals surface area (Å²) in [6, 6.07) is 11.8. The van der Waals surface area contributed by atoms with Gasteiger partial charge in [-0.05, 0) is 44.0 Å². The van der Waals surface area contributed by atoms with Gasteiger partial charge < -0.3 is 10.6 Å². The van der Waals surface area contributed by atoms with Crippen LogP contribution >= 0.6 is 11.8 Å². The van der Waals surface area contributed by atoms with Gasteiger partial charge in [0.05, 0.1) is 16.9 Å². The van der Waals surface area contributed by atoms with Gasteiger partial charge in [0.2, 0.25) is 11.8 Å². The van der Waals surface area contributed by atoms with E-state index in [4.69, 9.17) is 0 Å². The maximum absolute atomic E-state index is 12.8. The Morgan fingerprint density at radius 2 is 1.80 bits per heavy atom. The van der Waals surface area contributed by atoms with E-state index in [9.17, 15) is 9.59 Å². The Hall–Kier alpha value is -2.27. The molecule has 0 aliphatic carbocycles. The molecule has 1 aliphatic rings. The Bertz CT molecular complexity index is 824. The van der Waals surface area contributed by atoms with Crippen molar-refractivity contribution in [3.8, 4) is 0 Å². The molecule has 0 bridgehead atoms. The summed E-state index contributed by atoms with van der Waals surface area (Å²) >= 11 is 1.45. The summed E-state index contributed by atoms with van der Waals surface area (Å²) in [5.41, 5.74) is 4.88. The monoisotopic (exact) mass is 354 g/mol. The number of benzene rings is 2. The highest BCUT2D eigenvalue weighted by molar-refractivity contribution is 8.01. The number of fused-ring (bicyclic) bond motifs is 1. The van der Waals surface area contributed by atoms with Crippen molar-refractivity contribution >= 4 is 35.0 Å². The number of amides is 2. The third-order valence-corrected chi connectivity index (χ3v) is 5.94. The molecule has 0 spiro atoms. The van der Waals surface area contributed by atoms with Crippen LogP contribution in [0.2, 0.25) is 0 Å². The molecule has 1 aliphatic heterocycles. The second-order valence-corrected chi connectivity index (χ2v) is 7.76. The number of hydrogen-bond donors (Lipinski definition) is 2. The topological polar surface area (TPSA) is 58.2 Å². The van der Waals surface area contributed by atoms with Crippen LogP contribution in [0.3, 0.4) is 0 Å². The molecule has 4 nitrogen and oxygen atoms in total. The molecular formula is C20H22N2O2S. The van der Waals surface area contributed by atoms with Crippen LogP contribution in [-0.4, -0.2) is 17.1 Å². The predicted octanol–water partition coefficient (Wildman–Crippen LogP) is 4.30. The first-order valence-corrected chi connectivity index (χ1v) is 9.20. The summed E-state index contributed by atoms with van der Waals surface area (Å²) in [7, 11) is 0. The number of rotatable bonds is 3. The lowest BCUT2D eigenvalue weighted by atomic mass is 10.0. The fourth-order valence-corrected chi connectivity index (χ4v) is 4.32. The Balaban J connectivity index is 1.78. The highest BCUT2D eigenvalue weighted by atomic mass is 32.2. The summed E-state index contributed by atoms with van der Waals surface area (Å²) in [6.07, 6.45) is 0. The van der Waals surface area contributed by atoms with Gasteiger partial charge in [-0.25, -0.2) is 0 Å². The summed E-state index contributed by atoms with van der Waals surface area (Å²) in [5.74, 6) is -0.704. The van der Waals surface area contributed by atoms with Crippen LogP contribution in [0.5, 0.6) is 0 Å². The largest absolute Gasteiger partial charge is 0.325 e. The molecule has 0 radical (unpaired) electrons. The van der Waals surface area contributed by atoms with E-state index in [0.717, 1.165) is 27.4 Å². The van der Waals surface area contributed by atoms with E-state index >= 15 is 0 Å². The molecule has 0 saturated carbocycles. The molecule has 3 rings (SSSR count). The van der Waals surface area contributed by atoms with Gasteiger partial charge in [0.25, 0.3) is 0 Å². The number of carbonyl (C=O) groups excluding carboxylic acids is 2. The lowest BCUT2D eigenvalue weighted by Gasteiger charge is -2.28. The number of hydrogen-bond acceptors (Lipinski definition) is 3. The van der Waals surface area contributed by atoms with Crippen molar-refractivity contribution in [1.82, 2.24) is 0 Å². The standard InChI is InChI=1S/C20H22N2O2S/c1-11-9-12(2)17(13(3)10-11)22-19(23)14(4)18-20(24)21-15-7-5-6-8-16(15)25-18/h5-10,14,18H,1-4H3,(H,21,24)(H,22,23). The molecule has 0 saturated heterocycles. The van der Waals surface area contributed by atoms with Gasteiger partial charge in [0, 0.05) is 10.6 Å². The number of nitrogens with one attached hydrogen (secondary N) is 2. The molecule has 2 aromatic rings. The van der Waals surface area contributed by atoms with Crippen LogP contribution in [0.15, 0.2) is 41.3 Å². The Kier molecular flexibility index (Phi) is 4.86. The number of aryl methyl sites for hydroxylation is 3. The average molecular weight is 354 g/mol. The Morgan fingerprint density at radius 1 is 1.16 bits per heavy atom. The molecule has 5 heteroatoms. The molecule has 0 aromatic heterocycles. The summed E-state index contributed by atoms with van der Waals surface area (Å²) in [6.45, 7) is 7.81. The van der Waals surface area contributed by atoms with E-state index < -0.39 is 11.2 Å². The molecular weight excluding hydrogens is 332 g/mol. The van der Waals surface area contributed by atoms with Crippen LogP contribution in [0.4, 0.5) is 11.4 Å². The average Bonchev–Trinajstić information content (AvgIpc) is 2.56. The lowest BCUT2D eigenvalue weighted by molar-refractivity contribution is -0.123. The Labute approximate surface area is 152 Å². The van der Waals surface area contributed by atoms with Gasteiger partial charge in [-0.1, -0.05) is 36.8 Å². The third kappa shape index (κ3) is 3.56. The van der Waals surface area contributed by atoms with E-state index in [0.29, 0.717) is 0 Å². The summed E-state index contributed by atoms with van der Waals surface area (Å²) in [4.78, 5) is 26.2. The van der Waals surface area contributed by atoms with Gasteiger partial charge >= 0.3 is 0 Å². The minimum absolute atomic E-state index is 0.122. The molecule has 2 atom stereocenters. The first-order valence-electron chi connectivity index (χ1n) is 8.32. The van der Waals surface area contributed by atoms with Crippen molar-refractivity contribution < 1.29 is 9.59 Å². The smallest absolute Gasteiger partial charge is 0.238 e. The predicted molar refractivity (Wildman–Crippen MR) is 103 cm³/mol. The van der Waals surface area contributed by atoms with Crippen LogP contribution in [0, 0.1) is 26.7 Å². The van der Waals surface area contributed by atoms with Gasteiger partial charge in [0.15, 0.2) is 0 Å². The van der Waals surface area contributed by atoms with E-state index in [1.165, 1.54) is 17.3 Å². The molecule has 2 amide bonds. The van der Waals surface area contributed by atoms with E-state index in [1.807, 2.05) is 57.2 Å². The Morgan fingerprint density at radius 3 is 2.48 bits per heavy atom. The SMILES string of the molecule is Cc1cc(C)c(NC(=O)C(C)C2Sc3ccccc3NC2=O)c(C)c1. The number of carbonyl (C=O) groups is 2. The zero-order valence-corrected chi connectivity index (χ0v) is 15.7. The third-order valence-electron chi connectivity index (χ3n) is 4.45. The van der Waals surface area contributed by atoms with Crippen molar-refractivity contribution in [2.45, 2.75) is 37.8 Å². The number of para-hydroxylation sites is 1. The fourth-order valence-electron chi connectivity index (χ4n) is 3.15. The maximum atomic E-state index is 12.8. The van der Waals surface area contributed by atoms with Crippen LogP contribution < -0.4 is 10.6 Å². The van der Waals surface area contributed by atoms with E-state index in [-0.39, 0.29) is 11.8 Å². The molecule has 25 heavy (non-hydrogen) atoms. The first kappa shape index (κ1) is 17.5. The molecule has 2 N–H and O–H groups in total. The zero-order chi connectivity index (χ0) is 18.1. The maximum Gasteiger partial charge on any atom is 0.238 e. The van der Waals surface area contributed by atoms with Crippen molar-refractivity contribution in [1.29, 1.82) is 0 Å². The highest BCUT2D eigenvalue weighted by Gasteiger charge is 2.35. The van der Waals surface area contributed by atoms with Gasteiger partial charge in [-0.3, -0.25) is 9.59 Å². The summed E-state index contributed by atoms with van der Waals surface area (Å²) in [5, 5.41) is 5.47. The van der Waals surface area contributed by atoms with Crippen molar-refractivity contribution in [3.63, 3.8) is 0 Å². The number of anilines is 2. The van der Waals surface area contributed by atoms with Crippen LogP contribution in [0.25, 0.3) is 0 Å². The van der Waals surface area contributed by atoms with Crippen LogP contribution in [-0.2, 0) is 9.59 Å². The molecule has 130 valence electrons. The van der Waals surface area contributed by atoms with Crippen LogP contribution in [0.1, 0.15) is 23.6 Å². The quantitative estimate of drug-likeness (QED) is 0.864. The van der Waals surface area contributed by atoms with E-state index in [1.54, 1.807) is 6.92 Å². The lowest BCUT2D eigenvalue weighted by Crippen LogP contribution is -2.39.